The minimum atomic E-state index is 0.546. The van der Waals surface area contributed by atoms with Crippen molar-refractivity contribution >= 4 is 16.6 Å². The number of nitrogens with one attached hydrogen (secondary N) is 1. The number of nitrogens with zero attached hydrogens (tertiary/aromatic N) is 1. The number of ether oxygens (including phenoxy) is 1. The van der Waals surface area contributed by atoms with Crippen LogP contribution in [0.1, 0.15) is 26.2 Å². The zero-order valence-electron chi connectivity index (χ0n) is 11.5. The number of anilines is 1. The van der Waals surface area contributed by atoms with Crippen molar-refractivity contribution in [1.82, 2.24) is 4.98 Å². The molecule has 0 radical (unpaired) electrons. The fourth-order valence-corrected chi connectivity index (χ4v) is 2.92. The Kier molecular flexibility index (Phi) is 3.28. The molecule has 3 heteroatoms. The van der Waals surface area contributed by atoms with E-state index in [0.29, 0.717) is 6.04 Å². The molecule has 0 spiro atoms. The number of pyridine rings is 1. The van der Waals surface area contributed by atoms with Gasteiger partial charge in [-0.3, -0.25) is 0 Å². The number of aromatic nitrogens is 1. The molecule has 1 aliphatic rings. The van der Waals surface area contributed by atoms with Crippen molar-refractivity contribution in [3.05, 3.63) is 30.5 Å². The summed E-state index contributed by atoms with van der Waals surface area (Å²) in [5.74, 6) is 2.58. The summed E-state index contributed by atoms with van der Waals surface area (Å²) in [5.41, 5.74) is 0. The van der Waals surface area contributed by atoms with Gasteiger partial charge in [0.2, 0.25) is 0 Å². The predicted octanol–water partition coefficient (Wildman–Crippen LogP) is 3.84. The summed E-state index contributed by atoms with van der Waals surface area (Å²) in [4.78, 5) is 4.51. The van der Waals surface area contributed by atoms with Gasteiger partial charge in [-0.05, 0) is 42.3 Å². The molecule has 2 atom stereocenters. The first-order valence-electron chi connectivity index (χ1n) is 6.97. The van der Waals surface area contributed by atoms with E-state index in [1.165, 1.54) is 24.6 Å². The third kappa shape index (κ3) is 2.37. The molecule has 3 nitrogen and oxygen atoms in total. The van der Waals surface area contributed by atoms with Gasteiger partial charge in [-0.2, -0.15) is 0 Å². The zero-order valence-corrected chi connectivity index (χ0v) is 11.5. The summed E-state index contributed by atoms with van der Waals surface area (Å²) in [6.45, 7) is 2.32. The monoisotopic (exact) mass is 256 g/mol. The van der Waals surface area contributed by atoms with Crippen LogP contribution in [-0.2, 0) is 0 Å². The van der Waals surface area contributed by atoms with Gasteiger partial charge in [-0.15, -0.1) is 0 Å². The molecule has 1 aliphatic carbocycles. The molecule has 1 aromatic heterocycles. The van der Waals surface area contributed by atoms with E-state index in [0.717, 1.165) is 22.9 Å². The molecular weight excluding hydrogens is 236 g/mol. The Labute approximate surface area is 114 Å². The quantitative estimate of drug-likeness (QED) is 0.906. The number of fused-ring (bicyclic) bond motifs is 1. The second kappa shape index (κ2) is 5.08. The van der Waals surface area contributed by atoms with Crippen LogP contribution in [0.3, 0.4) is 0 Å². The average molecular weight is 256 g/mol. The molecule has 2 unspecified atom stereocenters. The first kappa shape index (κ1) is 12.3. The standard InChI is InChI=1S/C16H20N2O/c1-11-4-3-5-15(11)18-16-14-10-13(19-2)7-6-12(14)8-9-17-16/h6-11,15H,3-5H2,1-2H3,(H,17,18). The van der Waals surface area contributed by atoms with E-state index >= 15 is 0 Å². The summed E-state index contributed by atoms with van der Waals surface area (Å²) in [7, 11) is 1.70. The van der Waals surface area contributed by atoms with Crippen LogP contribution in [-0.4, -0.2) is 18.1 Å². The van der Waals surface area contributed by atoms with Gasteiger partial charge < -0.3 is 10.1 Å². The van der Waals surface area contributed by atoms with Crippen molar-refractivity contribution in [3.8, 4) is 5.75 Å². The smallest absolute Gasteiger partial charge is 0.134 e. The highest BCUT2D eigenvalue weighted by Gasteiger charge is 2.23. The number of rotatable bonds is 3. The minimum absolute atomic E-state index is 0.546. The van der Waals surface area contributed by atoms with E-state index in [2.05, 4.69) is 29.4 Å². The van der Waals surface area contributed by atoms with Gasteiger partial charge in [-0.25, -0.2) is 4.98 Å². The molecule has 1 N–H and O–H groups in total. The third-order valence-corrected chi connectivity index (χ3v) is 4.16. The molecule has 0 aliphatic heterocycles. The van der Waals surface area contributed by atoms with E-state index in [4.69, 9.17) is 4.74 Å². The van der Waals surface area contributed by atoms with Crippen LogP contribution >= 0.6 is 0 Å². The lowest BCUT2D eigenvalue weighted by Crippen LogP contribution is -2.22. The lowest BCUT2D eigenvalue weighted by atomic mass is 10.1. The summed E-state index contributed by atoms with van der Waals surface area (Å²) < 4.78 is 5.31. The molecule has 3 rings (SSSR count). The van der Waals surface area contributed by atoms with E-state index in [1.807, 2.05) is 18.3 Å². The molecule has 19 heavy (non-hydrogen) atoms. The van der Waals surface area contributed by atoms with Crippen LogP contribution in [0.4, 0.5) is 5.82 Å². The second-order valence-corrected chi connectivity index (χ2v) is 5.41. The fourth-order valence-electron chi connectivity index (χ4n) is 2.92. The van der Waals surface area contributed by atoms with Crippen molar-refractivity contribution in [1.29, 1.82) is 0 Å². The van der Waals surface area contributed by atoms with Crippen LogP contribution in [0, 0.1) is 5.92 Å². The molecule has 1 saturated carbocycles. The predicted molar refractivity (Wildman–Crippen MR) is 78.7 cm³/mol. The molecule has 100 valence electrons. The molecular formula is C16H20N2O. The maximum atomic E-state index is 5.31. The topological polar surface area (TPSA) is 34.1 Å². The summed E-state index contributed by atoms with van der Waals surface area (Å²) in [6.07, 6.45) is 5.73. The molecule has 1 fully saturated rings. The number of hydrogen-bond donors (Lipinski definition) is 1. The number of benzene rings is 1. The maximum Gasteiger partial charge on any atom is 0.134 e. The number of methoxy groups -OCH3 is 1. The first-order valence-corrected chi connectivity index (χ1v) is 6.97. The molecule has 0 amide bonds. The second-order valence-electron chi connectivity index (χ2n) is 5.41. The Morgan fingerprint density at radius 3 is 2.89 bits per heavy atom. The van der Waals surface area contributed by atoms with Gasteiger partial charge in [0.1, 0.15) is 11.6 Å². The van der Waals surface area contributed by atoms with Gasteiger partial charge >= 0.3 is 0 Å². The summed E-state index contributed by atoms with van der Waals surface area (Å²) >= 11 is 0. The Morgan fingerprint density at radius 1 is 1.26 bits per heavy atom. The highest BCUT2D eigenvalue weighted by Crippen LogP contribution is 2.31. The first-order chi connectivity index (χ1) is 9.28. The van der Waals surface area contributed by atoms with Crippen molar-refractivity contribution < 1.29 is 4.74 Å². The van der Waals surface area contributed by atoms with Crippen molar-refractivity contribution in [2.24, 2.45) is 5.92 Å². The van der Waals surface area contributed by atoms with Gasteiger partial charge in [0.15, 0.2) is 0 Å². The normalized spacial score (nSPS) is 22.6. The maximum absolute atomic E-state index is 5.31. The molecule has 0 saturated heterocycles. The minimum Gasteiger partial charge on any atom is -0.497 e. The third-order valence-electron chi connectivity index (χ3n) is 4.16. The molecule has 1 aromatic carbocycles. The SMILES string of the molecule is COc1ccc2ccnc(NC3CCCC3C)c2c1. The Hall–Kier alpha value is -1.77. The van der Waals surface area contributed by atoms with Gasteiger partial charge in [0, 0.05) is 17.6 Å². The Balaban J connectivity index is 1.97. The molecule has 1 heterocycles. The Morgan fingerprint density at radius 2 is 2.16 bits per heavy atom. The van der Waals surface area contributed by atoms with Gasteiger partial charge in [0.25, 0.3) is 0 Å². The van der Waals surface area contributed by atoms with Crippen molar-refractivity contribution in [2.45, 2.75) is 32.2 Å². The van der Waals surface area contributed by atoms with Crippen LogP contribution in [0.25, 0.3) is 10.8 Å². The largest absolute Gasteiger partial charge is 0.497 e. The highest BCUT2D eigenvalue weighted by atomic mass is 16.5. The van der Waals surface area contributed by atoms with Crippen molar-refractivity contribution in [2.75, 3.05) is 12.4 Å². The van der Waals surface area contributed by atoms with Crippen LogP contribution < -0.4 is 10.1 Å². The van der Waals surface area contributed by atoms with Gasteiger partial charge in [-0.1, -0.05) is 19.4 Å². The lowest BCUT2D eigenvalue weighted by molar-refractivity contribution is 0.415. The van der Waals surface area contributed by atoms with Gasteiger partial charge in [0.05, 0.1) is 7.11 Å². The van der Waals surface area contributed by atoms with E-state index < -0.39 is 0 Å². The summed E-state index contributed by atoms with van der Waals surface area (Å²) in [6, 6.07) is 8.72. The molecule has 0 bridgehead atoms. The zero-order chi connectivity index (χ0) is 13.2. The highest BCUT2D eigenvalue weighted by molar-refractivity contribution is 5.92. The van der Waals surface area contributed by atoms with E-state index in [9.17, 15) is 0 Å². The Bertz CT molecular complexity index is 582. The van der Waals surface area contributed by atoms with E-state index in [-0.39, 0.29) is 0 Å². The molecule has 2 aromatic rings. The average Bonchev–Trinajstić information content (AvgIpc) is 2.84. The van der Waals surface area contributed by atoms with E-state index in [1.54, 1.807) is 7.11 Å². The lowest BCUT2D eigenvalue weighted by Gasteiger charge is -2.19. The van der Waals surface area contributed by atoms with Crippen LogP contribution in [0.2, 0.25) is 0 Å². The number of hydrogen-bond acceptors (Lipinski definition) is 3. The van der Waals surface area contributed by atoms with Crippen LogP contribution in [0.5, 0.6) is 5.75 Å². The van der Waals surface area contributed by atoms with Crippen molar-refractivity contribution in [3.63, 3.8) is 0 Å². The van der Waals surface area contributed by atoms with Crippen LogP contribution in [0.15, 0.2) is 30.5 Å². The summed E-state index contributed by atoms with van der Waals surface area (Å²) in [5, 5.41) is 5.96. The fraction of sp³-hybridized carbons (Fsp3) is 0.438.